The second-order valence-electron chi connectivity index (χ2n) is 26.0. The van der Waals surface area contributed by atoms with Crippen molar-refractivity contribution >= 4 is 26.8 Å². The van der Waals surface area contributed by atoms with Crippen LogP contribution in [-0.4, -0.2) is 270 Å². The van der Waals surface area contributed by atoms with Crippen LogP contribution in [0.3, 0.4) is 0 Å². The van der Waals surface area contributed by atoms with Crippen molar-refractivity contribution in [2.45, 2.75) is 234 Å². The molecule has 6 heterocycles. The SMILES string of the molecule is C=C(C)[C@H]1[C@@H]2C[C@@]3(C)C4=CC[C@H]5C(C)(C)[C@@H](O[C@@H]6OC[C@@H](OS(=O)(=O)[O-])[C@H](O)[C@H]6O[C@@H]6O[C@H](C)[C@@H](O[C@@H]7O[C@H](COS(=O)(=O)[O-])[C@@H](O)[C@H](O[C@@H]8OC[C@@H](O)[C@H](OC)[C@H]8O)[C@H]7O)[C@H](O)[C@H]6O[C@@H]6O[C@H](CO)[C@@H](O)[C@H](O)[C@H]6O)CC[C@]5(C)[C@H]4CC[C@]13C(=O)O2.[Na+].[Na+]. The van der Waals surface area contributed by atoms with Gasteiger partial charge in [0.25, 0.3) is 0 Å². The van der Waals surface area contributed by atoms with Gasteiger partial charge < -0.3 is 117 Å². The number of hydrogen-bond acceptors (Lipinski definition) is 31. The number of hydrogen-bond donors (Lipinski definition) is 10. The molecule has 0 aromatic heterocycles. The van der Waals surface area contributed by atoms with E-state index in [-0.39, 0.29) is 94.4 Å². The Morgan fingerprint density at radius 3 is 1.93 bits per heavy atom. The predicted octanol–water partition coefficient (Wildman–Crippen LogP) is -9.90. The molecule has 9 fully saturated rings. The van der Waals surface area contributed by atoms with Crippen molar-refractivity contribution in [2.75, 3.05) is 33.5 Å². The molecule has 89 heavy (non-hydrogen) atoms. The van der Waals surface area contributed by atoms with Crippen molar-refractivity contribution in [3.05, 3.63) is 23.8 Å². The van der Waals surface area contributed by atoms with Crippen LogP contribution in [0.25, 0.3) is 0 Å². The summed E-state index contributed by atoms with van der Waals surface area (Å²) >= 11 is 0. The third kappa shape index (κ3) is 13.6. The van der Waals surface area contributed by atoms with Crippen LogP contribution in [0, 0.1) is 39.4 Å². The van der Waals surface area contributed by atoms with Gasteiger partial charge in [0.15, 0.2) is 31.5 Å². The fourth-order valence-electron chi connectivity index (χ4n) is 16.5. The standard InChI is InChI=1S/C54H84O31S2.2Na/c1-20(2)31-25-15-53(7)23-9-10-29-51(4,5)30(12-13-52(29,6)22(23)11-14-54(31,53)50(65)79-25)80-48-43(34(59)28(18-74-48)85-87(69,70)71)84-49-44(83-46-36(61)35(60)32(57)26(16-55)77-46)37(62)40(21(3)76-49)81-47-39(64)42(33(58)27(78-47)19-75-86(66,67)68)82-45-38(63)41(72-8)24(56)17-73-45;;/h9,21-22,24-49,55-64H,1,10-19H2,2-8H3,(H,66,67,68)(H,69,70,71);;/q;2*+1/p-2/t21-,22+,24-,25+,26-,27-,28-,29+,30+,31+,32-,33-,34+,35+,36-,37+,38-,39-,40-,41+,42+,43-,44-,45+,46+,47+,48+,49+,52-,53+,54-;;/m1../s1. The maximum absolute atomic E-state index is 13.9. The third-order valence-electron chi connectivity index (χ3n) is 20.8. The van der Waals surface area contributed by atoms with E-state index < -0.39 is 211 Å². The smallest absolute Gasteiger partial charge is 0.726 e. The Kier molecular flexibility index (Phi) is 23.5. The summed E-state index contributed by atoms with van der Waals surface area (Å²) in [5, 5.41) is 112. The van der Waals surface area contributed by atoms with E-state index in [0.717, 1.165) is 19.1 Å². The molecule has 10 N–H and O–H groups in total. The Morgan fingerprint density at radius 2 is 1.29 bits per heavy atom. The van der Waals surface area contributed by atoms with Crippen LogP contribution in [-0.2, 0) is 90.8 Å². The molecule has 10 rings (SSSR count). The molecule has 3 saturated carbocycles. The topological polar surface area (TPSA) is 463 Å². The largest absolute Gasteiger partial charge is 1.00 e. The monoisotopic (exact) mass is 1340 g/mol. The molecule has 0 aromatic rings. The third-order valence-corrected chi connectivity index (χ3v) is 21.7. The molecule has 0 amide bonds. The van der Waals surface area contributed by atoms with E-state index in [4.69, 9.17) is 61.0 Å². The quantitative estimate of drug-likeness (QED) is 0.0200. The van der Waals surface area contributed by atoms with Gasteiger partial charge in [0.1, 0.15) is 110 Å². The fourth-order valence-corrected chi connectivity index (χ4v) is 17.3. The molecule has 2 bridgehead atoms. The number of fused-ring (bicyclic) bond motifs is 5. The van der Waals surface area contributed by atoms with Crippen LogP contribution in [0.4, 0.5) is 0 Å². The first-order valence-corrected chi connectivity index (χ1v) is 31.8. The minimum atomic E-state index is -5.56. The molecule has 6 aliphatic heterocycles. The van der Waals surface area contributed by atoms with Crippen molar-refractivity contribution in [1.29, 1.82) is 0 Å². The summed E-state index contributed by atoms with van der Waals surface area (Å²) in [4.78, 5) is 13.9. The van der Waals surface area contributed by atoms with Gasteiger partial charge in [0.05, 0.1) is 44.1 Å². The normalized spacial score (nSPS) is 49.6. The van der Waals surface area contributed by atoms with Gasteiger partial charge in [-0.2, -0.15) is 0 Å². The van der Waals surface area contributed by atoms with Gasteiger partial charge in [-0.15, -0.1) is 0 Å². The summed E-state index contributed by atoms with van der Waals surface area (Å²) in [7, 11) is -9.88. The first-order chi connectivity index (χ1) is 40.6. The van der Waals surface area contributed by atoms with Gasteiger partial charge in [-0.1, -0.05) is 51.5 Å². The van der Waals surface area contributed by atoms with Gasteiger partial charge in [-0.3, -0.25) is 13.2 Å². The zero-order valence-corrected chi connectivity index (χ0v) is 56.5. The van der Waals surface area contributed by atoms with Crippen molar-refractivity contribution in [3.63, 3.8) is 0 Å². The summed E-state index contributed by atoms with van der Waals surface area (Å²) in [6, 6.07) is 0. The molecule has 31 atom stereocenters. The van der Waals surface area contributed by atoms with Crippen LogP contribution in [0.5, 0.6) is 0 Å². The maximum atomic E-state index is 13.9. The zero-order chi connectivity index (χ0) is 63.6. The molecule has 31 nitrogen and oxygen atoms in total. The van der Waals surface area contributed by atoms with Crippen molar-refractivity contribution < 1.29 is 206 Å². The average Bonchev–Trinajstić information content (AvgIpc) is 1.55. The second kappa shape index (κ2) is 28.0. The summed E-state index contributed by atoms with van der Waals surface area (Å²) in [5.74, 6) is -0.250. The zero-order valence-electron chi connectivity index (χ0n) is 50.9. The number of carbonyl (C=O) groups is 1. The van der Waals surface area contributed by atoms with Gasteiger partial charge >= 0.3 is 65.1 Å². The Hall–Kier alpha value is -0.150. The van der Waals surface area contributed by atoms with E-state index in [2.05, 4.69) is 30.7 Å². The van der Waals surface area contributed by atoms with Gasteiger partial charge in [-0.25, -0.2) is 16.8 Å². The Morgan fingerprint density at radius 1 is 0.685 bits per heavy atom. The number of rotatable bonds is 18. The molecule has 0 radical (unpaired) electrons. The maximum Gasteiger partial charge on any atom is 1.00 e. The number of esters is 1. The molecule has 0 unspecified atom stereocenters. The predicted molar refractivity (Wildman–Crippen MR) is 281 cm³/mol. The fraction of sp³-hybridized carbons (Fsp3) is 0.907. The molecule has 0 aromatic carbocycles. The molecule has 4 aliphatic carbocycles. The average molecular weight is 1340 g/mol. The number of allylic oxidation sites excluding steroid dienone is 2. The molecular weight excluding hydrogens is 1250 g/mol. The van der Waals surface area contributed by atoms with Crippen molar-refractivity contribution in [2.24, 2.45) is 39.4 Å². The number of aliphatic hydroxyl groups is 10. The van der Waals surface area contributed by atoms with E-state index in [1.165, 1.54) is 12.5 Å². The van der Waals surface area contributed by atoms with Crippen LogP contribution < -0.4 is 59.1 Å². The van der Waals surface area contributed by atoms with Gasteiger partial charge in [-0.05, 0) is 75.0 Å². The van der Waals surface area contributed by atoms with E-state index in [0.29, 0.717) is 32.1 Å². The Bertz CT molecular complexity index is 2770. The second-order valence-corrected chi connectivity index (χ2v) is 28.1. The van der Waals surface area contributed by atoms with Crippen LogP contribution in [0.1, 0.15) is 80.1 Å². The first-order valence-electron chi connectivity index (χ1n) is 29.2. The van der Waals surface area contributed by atoms with Crippen LogP contribution in [0.2, 0.25) is 0 Å². The van der Waals surface area contributed by atoms with Gasteiger partial charge in [0, 0.05) is 18.4 Å². The summed E-state index contributed by atoms with van der Waals surface area (Å²) in [6.07, 6.45) is -39.0. The minimum Gasteiger partial charge on any atom is -0.726 e. The number of aliphatic hydroxyl groups excluding tert-OH is 10. The van der Waals surface area contributed by atoms with E-state index >= 15 is 0 Å². The first kappa shape index (κ1) is 74.6. The van der Waals surface area contributed by atoms with E-state index in [1.54, 1.807) is 0 Å². The Labute approximate surface area is 559 Å². The number of ether oxygens (including phenoxy) is 12. The van der Waals surface area contributed by atoms with Crippen LogP contribution >= 0.6 is 0 Å². The molecule has 35 heteroatoms. The molecular formula is C54H82Na2O31S2. The number of methoxy groups -OCH3 is 1. The van der Waals surface area contributed by atoms with Gasteiger partial charge in [0.2, 0.25) is 20.8 Å². The summed E-state index contributed by atoms with van der Waals surface area (Å²) in [6.45, 7) is 12.6. The summed E-state index contributed by atoms with van der Waals surface area (Å²) < 4.78 is 152. The minimum absolute atomic E-state index is 0. The summed E-state index contributed by atoms with van der Waals surface area (Å²) in [5.41, 5.74) is -0.0366. The molecule has 10 aliphatic rings. The van der Waals surface area contributed by atoms with E-state index in [1.807, 2.05) is 20.8 Å². The van der Waals surface area contributed by atoms with Crippen molar-refractivity contribution in [3.8, 4) is 0 Å². The molecule has 1 spiro atoms. The van der Waals surface area contributed by atoms with Crippen LogP contribution in [0.15, 0.2) is 23.8 Å². The van der Waals surface area contributed by atoms with Crippen molar-refractivity contribution in [1.82, 2.24) is 0 Å². The molecule has 6 saturated heterocycles. The van der Waals surface area contributed by atoms with E-state index in [9.17, 15) is 81.8 Å². The molecule has 498 valence electrons. The number of carbonyl (C=O) groups excluding carboxylic acids is 1. The Balaban J connectivity index is 0.00000512.